The lowest BCUT2D eigenvalue weighted by Crippen LogP contribution is -2.11. The fraction of sp³-hybridized carbons (Fsp3) is 0.857. The lowest BCUT2D eigenvalue weighted by Gasteiger charge is -2.20. The van der Waals surface area contributed by atoms with E-state index in [1.54, 1.807) is 0 Å². The van der Waals surface area contributed by atoms with E-state index in [-0.39, 0.29) is 0 Å². The van der Waals surface area contributed by atoms with E-state index in [4.69, 9.17) is 0 Å². The van der Waals surface area contributed by atoms with Gasteiger partial charge in [0.15, 0.2) is 0 Å². The highest BCUT2D eigenvalue weighted by Gasteiger charge is 2.15. The molecule has 55 valence electrons. The lowest BCUT2D eigenvalue weighted by molar-refractivity contribution is 0.651. The number of hydrogen-bond donors (Lipinski definition) is 0. The second-order valence-corrected chi connectivity index (χ2v) is 5.72. The fourth-order valence-electron chi connectivity index (χ4n) is 0.693. The van der Waals surface area contributed by atoms with Gasteiger partial charge in [0.05, 0.1) is 0 Å². The third-order valence-electron chi connectivity index (χ3n) is 1.09. The molecule has 0 rings (SSSR count). The molecule has 0 fully saturated rings. The molecule has 0 aliphatic rings. The van der Waals surface area contributed by atoms with Gasteiger partial charge in [-0.1, -0.05) is 34.9 Å². The summed E-state index contributed by atoms with van der Waals surface area (Å²) in [6, 6.07) is 0. The Morgan fingerprint density at radius 3 is 2.33 bits per heavy atom. The summed E-state index contributed by atoms with van der Waals surface area (Å²) < 4.78 is 0.418. The predicted octanol–water partition coefficient (Wildman–Crippen LogP) is 3.39. The van der Waals surface area contributed by atoms with E-state index in [1.807, 2.05) is 21.6 Å². The summed E-state index contributed by atoms with van der Waals surface area (Å²) in [5.41, 5.74) is 0. The van der Waals surface area contributed by atoms with Crippen molar-refractivity contribution in [2.24, 2.45) is 0 Å². The molecule has 0 aromatic rings. The van der Waals surface area contributed by atoms with E-state index in [0.29, 0.717) is 4.75 Å². The van der Waals surface area contributed by atoms with E-state index >= 15 is 0 Å². The van der Waals surface area contributed by atoms with Gasteiger partial charge >= 0.3 is 0 Å². The van der Waals surface area contributed by atoms with Crippen molar-refractivity contribution in [3.05, 3.63) is 6.92 Å². The highest BCUT2D eigenvalue weighted by molar-refractivity contribution is 8.76. The van der Waals surface area contributed by atoms with Crippen molar-refractivity contribution in [1.29, 1.82) is 0 Å². The van der Waals surface area contributed by atoms with Crippen LogP contribution in [-0.4, -0.2) is 11.0 Å². The smallest absolute Gasteiger partial charge is 0.0207 e. The van der Waals surface area contributed by atoms with Crippen LogP contribution in [0.15, 0.2) is 0 Å². The first-order chi connectivity index (χ1) is 4.12. The Bertz CT molecular complexity index is 61.3. The Morgan fingerprint density at radius 1 is 1.44 bits per heavy atom. The third kappa shape index (κ3) is 5.16. The van der Waals surface area contributed by atoms with Gasteiger partial charge in [0.1, 0.15) is 0 Å². The lowest BCUT2D eigenvalue weighted by atomic mass is 10.1. The molecule has 0 aliphatic heterocycles. The molecule has 9 heavy (non-hydrogen) atoms. The van der Waals surface area contributed by atoms with Crippen molar-refractivity contribution < 1.29 is 0 Å². The van der Waals surface area contributed by atoms with Crippen LogP contribution in [0.25, 0.3) is 0 Å². The van der Waals surface area contributed by atoms with Gasteiger partial charge < -0.3 is 0 Å². The summed E-state index contributed by atoms with van der Waals surface area (Å²) in [7, 11) is 3.77. The van der Waals surface area contributed by atoms with Crippen LogP contribution in [0.5, 0.6) is 0 Å². The molecule has 0 N–H and O–H groups in total. The minimum atomic E-state index is 0.418. The van der Waals surface area contributed by atoms with Gasteiger partial charge in [-0.3, -0.25) is 0 Å². The van der Waals surface area contributed by atoms with Gasteiger partial charge in [-0.25, -0.2) is 0 Å². The summed E-state index contributed by atoms with van der Waals surface area (Å²) in [6.07, 6.45) is 4.37. The van der Waals surface area contributed by atoms with Crippen molar-refractivity contribution in [3.8, 4) is 0 Å². The average Bonchev–Trinajstić information content (AvgIpc) is 1.64. The second kappa shape index (κ2) is 4.51. The van der Waals surface area contributed by atoms with Crippen molar-refractivity contribution in [1.82, 2.24) is 0 Å². The third-order valence-corrected chi connectivity index (χ3v) is 3.76. The maximum absolute atomic E-state index is 3.83. The topological polar surface area (TPSA) is 0 Å². The van der Waals surface area contributed by atoms with E-state index in [1.165, 1.54) is 6.42 Å². The van der Waals surface area contributed by atoms with E-state index < -0.39 is 0 Å². The van der Waals surface area contributed by atoms with Crippen molar-refractivity contribution in [3.63, 3.8) is 0 Å². The van der Waals surface area contributed by atoms with Crippen LogP contribution in [0.1, 0.15) is 26.7 Å². The Balaban J connectivity index is 3.43. The predicted molar refractivity (Wildman–Crippen MR) is 49.8 cm³/mol. The molecule has 0 bridgehead atoms. The van der Waals surface area contributed by atoms with Crippen LogP contribution < -0.4 is 0 Å². The molecule has 2 heteroatoms. The Morgan fingerprint density at radius 2 is 2.00 bits per heavy atom. The summed E-state index contributed by atoms with van der Waals surface area (Å²) in [5.74, 6) is 0. The first-order valence-electron chi connectivity index (χ1n) is 3.13. The minimum absolute atomic E-state index is 0.418. The number of hydrogen-bond acceptors (Lipinski definition) is 2. The van der Waals surface area contributed by atoms with Gasteiger partial charge in [-0.15, -0.1) is 0 Å². The van der Waals surface area contributed by atoms with Crippen LogP contribution in [0.2, 0.25) is 0 Å². The van der Waals surface area contributed by atoms with Crippen LogP contribution in [-0.2, 0) is 0 Å². The maximum atomic E-state index is 3.83. The zero-order chi connectivity index (χ0) is 7.33. The van der Waals surface area contributed by atoms with Crippen molar-refractivity contribution in [2.75, 3.05) is 6.26 Å². The molecule has 0 aromatic carbocycles. The standard InChI is InChI=1S/C7H15S2/c1-5-6-7(2,3)9-8-4/h1,5-6H2,2-4H3. The van der Waals surface area contributed by atoms with Gasteiger partial charge in [0.2, 0.25) is 0 Å². The van der Waals surface area contributed by atoms with Crippen molar-refractivity contribution in [2.45, 2.75) is 31.4 Å². The van der Waals surface area contributed by atoms with Crippen LogP contribution in [0, 0.1) is 6.92 Å². The van der Waals surface area contributed by atoms with Crippen LogP contribution in [0.3, 0.4) is 0 Å². The number of rotatable bonds is 4. The zero-order valence-corrected chi connectivity index (χ0v) is 8.07. The van der Waals surface area contributed by atoms with Gasteiger partial charge in [0, 0.05) is 4.75 Å². The molecule has 0 spiro atoms. The Labute approximate surface area is 66.6 Å². The van der Waals surface area contributed by atoms with Gasteiger partial charge in [0.25, 0.3) is 0 Å². The molecular weight excluding hydrogens is 148 g/mol. The average molecular weight is 163 g/mol. The Hall–Kier alpha value is 0.700. The molecule has 0 saturated heterocycles. The highest BCUT2D eigenvalue weighted by Crippen LogP contribution is 2.36. The maximum Gasteiger partial charge on any atom is 0.0207 e. The highest BCUT2D eigenvalue weighted by atomic mass is 33.1. The van der Waals surface area contributed by atoms with Crippen LogP contribution in [0.4, 0.5) is 0 Å². The molecule has 0 unspecified atom stereocenters. The molecule has 0 amide bonds. The quantitative estimate of drug-likeness (QED) is 0.583. The summed E-state index contributed by atoms with van der Waals surface area (Å²) in [6.45, 7) is 8.36. The summed E-state index contributed by atoms with van der Waals surface area (Å²) in [4.78, 5) is 0. The minimum Gasteiger partial charge on any atom is -0.0971 e. The molecule has 0 heterocycles. The molecular formula is C7H15S2. The SMILES string of the molecule is [CH2]CCC(C)(C)SSC. The Kier molecular flexibility index (Phi) is 4.86. The molecule has 0 nitrogen and oxygen atoms in total. The normalized spacial score (nSPS) is 12.0. The second-order valence-electron chi connectivity index (χ2n) is 2.61. The molecule has 0 atom stereocenters. The first-order valence-corrected chi connectivity index (χ1v) is 5.69. The fourth-order valence-corrected chi connectivity index (χ4v) is 2.98. The van der Waals surface area contributed by atoms with Gasteiger partial charge in [-0.05, 0) is 26.5 Å². The largest absolute Gasteiger partial charge is 0.0971 e. The molecule has 0 aliphatic carbocycles. The van der Waals surface area contributed by atoms with E-state index in [2.05, 4.69) is 27.0 Å². The molecule has 0 aromatic heterocycles. The van der Waals surface area contributed by atoms with Gasteiger partial charge in [-0.2, -0.15) is 0 Å². The molecule has 1 radical (unpaired) electrons. The molecule has 0 saturated carbocycles. The summed E-state index contributed by atoms with van der Waals surface area (Å²) >= 11 is 0. The first kappa shape index (κ1) is 9.70. The van der Waals surface area contributed by atoms with Crippen molar-refractivity contribution >= 4 is 21.6 Å². The monoisotopic (exact) mass is 163 g/mol. The van der Waals surface area contributed by atoms with Crippen LogP contribution >= 0.6 is 21.6 Å². The van der Waals surface area contributed by atoms with E-state index in [9.17, 15) is 0 Å². The zero-order valence-electron chi connectivity index (χ0n) is 6.44. The summed E-state index contributed by atoms with van der Waals surface area (Å²) in [5, 5.41) is 0. The van der Waals surface area contributed by atoms with E-state index in [0.717, 1.165) is 6.42 Å².